The highest BCUT2D eigenvalue weighted by Gasteiger charge is 2.32. The second-order valence-electron chi connectivity index (χ2n) is 9.01. The standard InChI is InChI=1S/C30H32N4O4S/c1-18-10-9-13-24(19(18)2)33-26(35)17-39-30-31-20(3)27(29(36)32-21-11-7-6-8-12-21)28(34-30)23-15-14-22(37-4)16-25(23)38-5/h6-16,28H,17H2,1-5H3,(H,31,34)(H,32,36)(H,33,35)/t28-/m0/s1. The molecule has 3 aromatic carbocycles. The summed E-state index contributed by atoms with van der Waals surface area (Å²) in [4.78, 5) is 31.1. The Balaban J connectivity index is 1.60. The Morgan fingerprint density at radius 3 is 2.44 bits per heavy atom. The zero-order chi connectivity index (χ0) is 27.9. The van der Waals surface area contributed by atoms with E-state index in [0.29, 0.717) is 39.2 Å². The van der Waals surface area contributed by atoms with Crippen molar-refractivity contribution in [2.24, 2.45) is 4.99 Å². The topological polar surface area (TPSA) is 101 Å². The highest BCUT2D eigenvalue weighted by atomic mass is 32.2. The summed E-state index contributed by atoms with van der Waals surface area (Å²) in [6, 6.07) is 19.8. The Morgan fingerprint density at radius 2 is 1.72 bits per heavy atom. The van der Waals surface area contributed by atoms with Gasteiger partial charge in [-0.1, -0.05) is 42.1 Å². The van der Waals surface area contributed by atoms with Gasteiger partial charge >= 0.3 is 0 Å². The lowest BCUT2D eigenvalue weighted by atomic mass is 9.95. The van der Waals surface area contributed by atoms with Crippen molar-refractivity contribution in [3.63, 3.8) is 0 Å². The Hall–Kier alpha value is -4.24. The van der Waals surface area contributed by atoms with Crippen LogP contribution < -0.4 is 25.4 Å². The fourth-order valence-corrected chi connectivity index (χ4v) is 4.96. The third kappa shape index (κ3) is 6.61. The summed E-state index contributed by atoms with van der Waals surface area (Å²) in [5.74, 6) is 0.882. The molecule has 1 heterocycles. The number of nitrogens with zero attached hydrogens (tertiary/aromatic N) is 1. The van der Waals surface area contributed by atoms with Gasteiger partial charge in [-0.2, -0.15) is 0 Å². The van der Waals surface area contributed by atoms with Crippen molar-refractivity contribution in [1.29, 1.82) is 0 Å². The van der Waals surface area contributed by atoms with E-state index in [-0.39, 0.29) is 17.6 Å². The molecule has 3 aromatic rings. The second-order valence-corrected chi connectivity index (χ2v) is 9.98. The number of allylic oxidation sites excluding steroid dienone is 1. The molecule has 0 aliphatic carbocycles. The summed E-state index contributed by atoms with van der Waals surface area (Å²) in [6.07, 6.45) is 0. The number of thioether (sulfide) groups is 1. The first kappa shape index (κ1) is 27.8. The molecular weight excluding hydrogens is 512 g/mol. The van der Waals surface area contributed by atoms with Crippen LogP contribution in [0.25, 0.3) is 0 Å². The normalized spacial score (nSPS) is 14.7. The SMILES string of the molecule is COc1ccc([C@@H]2N=C(SCC(=O)Nc3cccc(C)c3C)NC(C)=C2C(=O)Nc2ccccc2)c(OC)c1. The maximum Gasteiger partial charge on any atom is 0.255 e. The van der Waals surface area contributed by atoms with Crippen LogP contribution in [0.3, 0.4) is 0 Å². The number of para-hydroxylation sites is 1. The van der Waals surface area contributed by atoms with Gasteiger partial charge in [-0.25, -0.2) is 4.99 Å². The molecule has 39 heavy (non-hydrogen) atoms. The smallest absolute Gasteiger partial charge is 0.255 e. The maximum absolute atomic E-state index is 13.5. The Bertz CT molecular complexity index is 1440. The Morgan fingerprint density at radius 1 is 0.949 bits per heavy atom. The first-order chi connectivity index (χ1) is 18.8. The summed E-state index contributed by atoms with van der Waals surface area (Å²) in [5, 5.41) is 9.69. The van der Waals surface area contributed by atoms with E-state index in [1.54, 1.807) is 20.3 Å². The quantitative estimate of drug-likeness (QED) is 0.341. The summed E-state index contributed by atoms with van der Waals surface area (Å²) in [7, 11) is 3.15. The zero-order valence-corrected chi connectivity index (χ0v) is 23.4. The monoisotopic (exact) mass is 544 g/mol. The molecule has 3 N–H and O–H groups in total. The number of nitrogens with one attached hydrogen (secondary N) is 3. The molecule has 0 saturated heterocycles. The van der Waals surface area contributed by atoms with Crippen LogP contribution in [0.4, 0.5) is 11.4 Å². The van der Waals surface area contributed by atoms with Gasteiger partial charge in [-0.3, -0.25) is 9.59 Å². The van der Waals surface area contributed by atoms with Gasteiger partial charge in [0.15, 0.2) is 5.17 Å². The number of ether oxygens (including phenoxy) is 2. The van der Waals surface area contributed by atoms with Crippen LogP contribution in [-0.2, 0) is 9.59 Å². The summed E-state index contributed by atoms with van der Waals surface area (Å²) in [6.45, 7) is 5.82. The average molecular weight is 545 g/mol. The number of rotatable bonds is 8. The number of carbonyl (C=O) groups is 2. The molecule has 202 valence electrons. The molecule has 0 radical (unpaired) electrons. The van der Waals surface area contributed by atoms with Crippen LogP contribution in [-0.4, -0.2) is 37.0 Å². The van der Waals surface area contributed by atoms with Crippen molar-refractivity contribution < 1.29 is 19.1 Å². The van der Waals surface area contributed by atoms with Crippen LogP contribution in [0.15, 0.2) is 83.0 Å². The number of amidine groups is 1. The van der Waals surface area contributed by atoms with Crippen molar-refractivity contribution in [2.45, 2.75) is 26.8 Å². The number of benzene rings is 3. The van der Waals surface area contributed by atoms with E-state index in [4.69, 9.17) is 14.5 Å². The predicted octanol–water partition coefficient (Wildman–Crippen LogP) is 5.61. The van der Waals surface area contributed by atoms with E-state index >= 15 is 0 Å². The molecule has 0 spiro atoms. The minimum Gasteiger partial charge on any atom is -0.497 e. The highest BCUT2D eigenvalue weighted by Crippen LogP contribution is 2.39. The van der Waals surface area contributed by atoms with Gasteiger partial charge in [0.1, 0.15) is 17.5 Å². The van der Waals surface area contributed by atoms with Gasteiger partial charge in [0.25, 0.3) is 5.91 Å². The number of anilines is 2. The molecule has 1 aliphatic rings. The van der Waals surface area contributed by atoms with Crippen molar-refractivity contribution >= 4 is 40.1 Å². The van der Waals surface area contributed by atoms with E-state index < -0.39 is 6.04 Å². The molecule has 2 amide bonds. The first-order valence-electron chi connectivity index (χ1n) is 12.4. The lowest BCUT2D eigenvalue weighted by molar-refractivity contribution is -0.114. The molecule has 8 nitrogen and oxygen atoms in total. The molecule has 4 rings (SSSR count). The average Bonchev–Trinajstić information content (AvgIpc) is 2.94. The van der Waals surface area contributed by atoms with Gasteiger partial charge in [0.05, 0.1) is 25.5 Å². The lowest BCUT2D eigenvalue weighted by Gasteiger charge is -2.27. The summed E-state index contributed by atoms with van der Waals surface area (Å²) in [5.41, 5.74) is 5.40. The van der Waals surface area contributed by atoms with E-state index in [2.05, 4.69) is 16.0 Å². The first-order valence-corrected chi connectivity index (χ1v) is 13.4. The van der Waals surface area contributed by atoms with Gasteiger partial charge < -0.3 is 25.4 Å². The minimum absolute atomic E-state index is 0.143. The van der Waals surface area contributed by atoms with Crippen LogP contribution >= 0.6 is 11.8 Å². The second kappa shape index (κ2) is 12.5. The van der Waals surface area contributed by atoms with E-state index in [1.807, 2.05) is 81.4 Å². The largest absolute Gasteiger partial charge is 0.497 e. The zero-order valence-electron chi connectivity index (χ0n) is 22.6. The maximum atomic E-state index is 13.5. The van der Waals surface area contributed by atoms with Crippen LogP contribution in [0.5, 0.6) is 11.5 Å². The lowest BCUT2D eigenvalue weighted by Crippen LogP contribution is -2.33. The predicted molar refractivity (Wildman–Crippen MR) is 158 cm³/mol. The molecule has 1 aliphatic heterocycles. The Labute approximate surface area is 232 Å². The van der Waals surface area contributed by atoms with Crippen LogP contribution in [0.1, 0.15) is 29.7 Å². The summed E-state index contributed by atoms with van der Waals surface area (Å²) >= 11 is 1.27. The van der Waals surface area contributed by atoms with E-state index in [0.717, 1.165) is 16.8 Å². The number of amides is 2. The molecule has 0 saturated carbocycles. The third-order valence-electron chi connectivity index (χ3n) is 6.45. The molecule has 9 heteroatoms. The summed E-state index contributed by atoms with van der Waals surface area (Å²) < 4.78 is 11.0. The van der Waals surface area contributed by atoms with Gasteiger partial charge in [-0.05, 0) is 62.2 Å². The fourth-order valence-electron chi connectivity index (χ4n) is 4.21. The molecule has 0 aromatic heterocycles. The molecular formula is C30H32N4O4S. The minimum atomic E-state index is -0.666. The number of carbonyl (C=O) groups excluding carboxylic acids is 2. The van der Waals surface area contributed by atoms with Crippen molar-refractivity contribution in [3.05, 3.63) is 94.7 Å². The van der Waals surface area contributed by atoms with Crippen LogP contribution in [0, 0.1) is 13.8 Å². The fraction of sp³-hybridized carbons (Fsp3) is 0.233. The number of methoxy groups -OCH3 is 2. The number of aryl methyl sites for hydroxylation is 1. The van der Waals surface area contributed by atoms with Gasteiger partial charge in [0, 0.05) is 28.7 Å². The van der Waals surface area contributed by atoms with Gasteiger partial charge in [0.2, 0.25) is 5.91 Å². The van der Waals surface area contributed by atoms with Crippen LogP contribution in [0.2, 0.25) is 0 Å². The molecule has 1 atom stereocenters. The number of hydrogen-bond donors (Lipinski definition) is 3. The van der Waals surface area contributed by atoms with Gasteiger partial charge in [-0.15, -0.1) is 0 Å². The van der Waals surface area contributed by atoms with E-state index in [1.165, 1.54) is 11.8 Å². The highest BCUT2D eigenvalue weighted by molar-refractivity contribution is 8.14. The Kier molecular flexibility index (Phi) is 8.93. The van der Waals surface area contributed by atoms with Crippen molar-refractivity contribution in [1.82, 2.24) is 5.32 Å². The van der Waals surface area contributed by atoms with E-state index in [9.17, 15) is 9.59 Å². The third-order valence-corrected chi connectivity index (χ3v) is 7.34. The van der Waals surface area contributed by atoms with Crippen molar-refractivity contribution in [3.8, 4) is 11.5 Å². The van der Waals surface area contributed by atoms with Crippen molar-refractivity contribution in [2.75, 3.05) is 30.6 Å². The number of hydrogen-bond acceptors (Lipinski definition) is 7. The molecule has 0 bridgehead atoms. The molecule has 0 unspecified atom stereocenters. The molecule has 0 fully saturated rings. The number of aliphatic imine (C=N–C) groups is 1.